The molecule has 47 heavy (non-hydrogen) atoms. The molecule has 0 aliphatic carbocycles. The van der Waals surface area contributed by atoms with E-state index < -0.39 is 28.5 Å². The van der Waals surface area contributed by atoms with Gasteiger partial charge in [0.05, 0.1) is 17.7 Å². The molecule has 0 aliphatic rings. The smallest absolute Gasteiger partial charge is 0.264 e. The number of nitrogens with one attached hydrogen (secondary N) is 1. The number of benzene rings is 4. The molecule has 248 valence electrons. The van der Waals surface area contributed by atoms with Crippen LogP contribution in [0.3, 0.4) is 0 Å². The van der Waals surface area contributed by atoms with Crippen LogP contribution in [0.2, 0.25) is 5.02 Å². The number of unbranched alkanes of at least 4 members (excludes halogenated alkanes) is 1. The summed E-state index contributed by atoms with van der Waals surface area (Å²) in [4.78, 5) is 30.0. The average molecular weight is 676 g/mol. The van der Waals surface area contributed by atoms with Crippen LogP contribution in [0.15, 0.2) is 102 Å². The zero-order chi connectivity index (χ0) is 34.0. The molecule has 0 unspecified atom stereocenters. The van der Waals surface area contributed by atoms with Crippen molar-refractivity contribution >= 4 is 39.1 Å². The van der Waals surface area contributed by atoms with Crippen LogP contribution in [-0.4, -0.2) is 51.4 Å². The predicted octanol–water partition coefficient (Wildman–Crippen LogP) is 6.72. The third-order valence-corrected chi connectivity index (χ3v) is 9.88. The fourth-order valence-electron chi connectivity index (χ4n) is 5.19. The number of ether oxygens (including phenoxy) is 1. The first-order valence-corrected chi connectivity index (χ1v) is 17.4. The summed E-state index contributed by atoms with van der Waals surface area (Å²) in [7, 11) is -2.81. The molecular weight excluding hydrogens is 634 g/mol. The summed E-state index contributed by atoms with van der Waals surface area (Å²) in [5.41, 5.74) is 3.50. The van der Waals surface area contributed by atoms with Gasteiger partial charge in [-0.25, -0.2) is 8.42 Å². The molecule has 0 radical (unpaired) electrons. The Morgan fingerprint density at radius 3 is 2.17 bits per heavy atom. The molecule has 4 aromatic carbocycles. The number of nitrogens with zero attached hydrogens (tertiary/aromatic N) is 2. The summed E-state index contributed by atoms with van der Waals surface area (Å²) in [6, 6.07) is 27.2. The molecule has 4 aromatic rings. The Morgan fingerprint density at radius 2 is 1.53 bits per heavy atom. The maximum atomic E-state index is 14.7. The lowest BCUT2D eigenvalue weighted by molar-refractivity contribution is -0.140. The molecule has 2 amide bonds. The first-order valence-electron chi connectivity index (χ1n) is 15.6. The Labute approximate surface area is 283 Å². The van der Waals surface area contributed by atoms with E-state index in [1.807, 2.05) is 57.2 Å². The minimum absolute atomic E-state index is 0.0295. The molecule has 10 heteroatoms. The van der Waals surface area contributed by atoms with Crippen LogP contribution in [0.1, 0.15) is 42.0 Å². The largest absolute Gasteiger partial charge is 0.495 e. The van der Waals surface area contributed by atoms with Crippen molar-refractivity contribution in [3.8, 4) is 5.75 Å². The quantitative estimate of drug-likeness (QED) is 0.141. The fourth-order valence-corrected chi connectivity index (χ4v) is 6.73. The van der Waals surface area contributed by atoms with Gasteiger partial charge < -0.3 is 15.0 Å². The molecule has 0 fully saturated rings. The summed E-state index contributed by atoms with van der Waals surface area (Å²) in [5, 5.41) is 3.53. The molecule has 4 rings (SSSR count). The standard InChI is InChI=1S/C37H42ClN3O5S/c1-5-6-22-39-37(43)34(24-29-10-8-7-9-11-29)40(25-30-15-17-31(38)18-16-30)36(42)26-41(33-23-28(3)14-21-35(33)46-4)47(44,45)32-19-12-27(2)13-20-32/h7-21,23,34H,5-6,22,24-26H2,1-4H3,(H,39,43)/t34-/m1/s1. The number of methoxy groups -OCH3 is 1. The highest BCUT2D eigenvalue weighted by atomic mass is 35.5. The first kappa shape index (κ1) is 35.5. The second-order valence-electron chi connectivity index (χ2n) is 11.5. The SMILES string of the molecule is CCCCNC(=O)[C@@H](Cc1ccccc1)N(Cc1ccc(Cl)cc1)C(=O)CN(c1cc(C)ccc1OC)S(=O)(=O)c1ccc(C)cc1. The Hall–Kier alpha value is -4.34. The van der Waals surface area contributed by atoms with Crippen LogP contribution >= 0.6 is 11.6 Å². The molecule has 8 nitrogen and oxygen atoms in total. The summed E-state index contributed by atoms with van der Waals surface area (Å²) in [6.07, 6.45) is 1.91. The number of hydrogen-bond acceptors (Lipinski definition) is 5. The van der Waals surface area contributed by atoms with Gasteiger partial charge in [0.25, 0.3) is 10.0 Å². The van der Waals surface area contributed by atoms with Gasteiger partial charge >= 0.3 is 0 Å². The number of aryl methyl sites for hydroxylation is 2. The van der Waals surface area contributed by atoms with Gasteiger partial charge in [0, 0.05) is 24.5 Å². The minimum atomic E-state index is -4.26. The Bertz CT molecular complexity index is 1750. The van der Waals surface area contributed by atoms with E-state index in [-0.39, 0.29) is 29.5 Å². The normalized spacial score (nSPS) is 11.9. The topological polar surface area (TPSA) is 96.0 Å². The second kappa shape index (κ2) is 16.5. The molecule has 0 spiro atoms. The van der Waals surface area contributed by atoms with Gasteiger partial charge in [0.2, 0.25) is 11.8 Å². The molecule has 0 heterocycles. The Kier molecular flexibility index (Phi) is 12.4. The average Bonchev–Trinajstić information content (AvgIpc) is 3.06. The van der Waals surface area contributed by atoms with Crippen molar-refractivity contribution in [3.05, 3.63) is 124 Å². The van der Waals surface area contributed by atoms with Gasteiger partial charge in [-0.3, -0.25) is 13.9 Å². The lowest BCUT2D eigenvalue weighted by Crippen LogP contribution is -2.53. The minimum Gasteiger partial charge on any atom is -0.495 e. The summed E-state index contributed by atoms with van der Waals surface area (Å²) < 4.78 is 35.4. The summed E-state index contributed by atoms with van der Waals surface area (Å²) in [5.74, 6) is -0.571. The first-order chi connectivity index (χ1) is 22.5. The van der Waals surface area contributed by atoms with Crippen molar-refractivity contribution in [2.75, 3.05) is 24.5 Å². The van der Waals surface area contributed by atoms with Crippen molar-refractivity contribution in [3.63, 3.8) is 0 Å². The number of carbonyl (C=O) groups excluding carboxylic acids is 2. The maximum absolute atomic E-state index is 14.7. The number of hydrogen-bond donors (Lipinski definition) is 1. The highest BCUT2D eigenvalue weighted by Crippen LogP contribution is 2.34. The molecule has 1 atom stereocenters. The summed E-state index contributed by atoms with van der Waals surface area (Å²) >= 11 is 6.17. The molecule has 0 saturated heterocycles. The monoisotopic (exact) mass is 675 g/mol. The van der Waals surface area contributed by atoms with Gasteiger partial charge in [0.15, 0.2) is 0 Å². The molecule has 0 aliphatic heterocycles. The van der Waals surface area contributed by atoms with E-state index >= 15 is 0 Å². The van der Waals surface area contributed by atoms with Gasteiger partial charge in [-0.1, -0.05) is 91.2 Å². The van der Waals surface area contributed by atoms with E-state index in [2.05, 4.69) is 5.32 Å². The van der Waals surface area contributed by atoms with Crippen LogP contribution < -0.4 is 14.4 Å². The Balaban J connectivity index is 1.83. The van der Waals surface area contributed by atoms with E-state index in [0.717, 1.165) is 39.4 Å². The van der Waals surface area contributed by atoms with Gasteiger partial charge in [0.1, 0.15) is 18.3 Å². The van der Waals surface area contributed by atoms with Crippen LogP contribution in [0.5, 0.6) is 5.75 Å². The summed E-state index contributed by atoms with van der Waals surface area (Å²) in [6.45, 7) is 5.68. The number of anilines is 1. The number of halogens is 1. The highest BCUT2D eigenvalue weighted by molar-refractivity contribution is 7.92. The van der Waals surface area contributed by atoms with Crippen LogP contribution in [-0.2, 0) is 32.6 Å². The zero-order valence-corrected chi connectivity index (χ0v) is 28.9. The van der Waals surface area contributed by atoms with Gasteiger partial charge in [-0.05, 0) is 73.4 Å². The highest BCUT2D eigenvalue weighted by Gasteiger charge is 2.35. The molecule has 0 aromatic heterocycles. The maximum Gasteiger partial charge on any atom is 0.264 e. The molecule has 0 saturated carbocycles. The van der Waals surface area contributed by atoms with Crippen LogP contribution in [0.4, 0.5) is 5.69 Å². The van der Waals surface area contributed by atoms with Crippen LogP contribution in [0, 0.1) is 13.8 Å². The number of amides is 2. The number of sulfonamides is 1. The van der Waals surface area contributed by atoms with Crippen molar-refractivity contribution in [1.82, 2.24) is 10.2 Å². The van der Waals surface area contributed by atoms with E-state index in [9.17, 15) is 18.0 Å². The molecule has 1 N–H and O–H groups in total. The second-order valence-corrected chi connectivity index (χ2v) is 13.8. The third-order valence-electron chi connectivity index (χ3n) is 7.86. The third kappa shape index (κ3) is 9.36. The van der Waals surface area contributed by atoms with Gasteiger partial charge in [-0.2, -0.15) is 0 Å². The van der Waals surface area contributed by atoms with Crippen LogP contribution in [0.25, 0.3) is 0 Å². The molecular formula is C37H42ClN3O5S. The zero-order valence-electron chi connectivity index (χ0n) is 27.3. The lowest BCUT2D eigenvalue weighted by Gasteiger charge is -2.34. The lowest BCUT2D eigenvalue weighted by atomic mass is 10.0. The Morgan fingerprint density at radius 1 is 0.872 bits per heavy atom. The molecule has 0 bridgehead atoms. The van der Waals surface area contributed by atoms with E-state index in [1.54, 1.807) is 48.5 Å². The number of carbonyl (C=O) groups is 2. The van der Waals surface area contributed by atoms with E-state index in [0.29, 0.717) is 17.3 Å². The predicted molar refractivity (Wildman–Crippen MR) is 187 cm³/mol. The fraction of sp³-hybridized carbons (Fsp3) is 0.297. The van der Waals surface area contributed by atoms with Crippen molar-refractivity contribution in [2.45, 2.75) is 57.5 Å². The number of rotatable bonds is 15. The van der Waals surface area contributed by atoms with Crippen molar-refractivity contribution in [2.24, 2.45) is 0 Å². The van der Waals surface area contributed by atoms with E-state index in [4.69, 9.17) is 16.3 Å². The van der Waals surface area contributed by atoms with Crippen molar-refractivity contribution in [1.29, 1.82) is 0 Å². The van der Waals surface area contributed by atoms with Crippen molar-refractivity contribution < 1.29 is 22.7 Å². The van der Waals surface area contributed by atoms with E-state index in [1.165, 1.54) is 24.1 Å². The van der Waals surface area contributed by atoms with Gasteiger partial charge in [-0.15, -0.1) is 0 Å².